The number of likely N-dealkylation sites (N-methyl/N-ethyl adjacent to an activating group) is 1. The monoisotopic (exact) mass is 538 g/mol. The first-order valence-electron chi connectivity index (χ1n) is 9.46. The van der Waals surface area contributed by atoms with Crippen LogP contribution in [-0.2, 0) is 36.2 Å². The summed E-state index contributed by atoms with van der Waals surface area (Å²) in [5.74, 6) is -6.12. The number of carboxylic acid groups (broad SMARTS) is 4. The number of carbonyl (C=O) groups excluding carboxylic acids is 4. The first kappa shape index (κ1) is 36.6. The Kier molecular flexibility index (Phi) is 22.0. The summed E-state index contributed by atoms with van der Waals surface area (Å²) in [4.78, 5) is 43.4. The SMILES string of the molecule is CNC[C@H](O)[C@@H](O)[C@H](O)[C@H](O)CO.O=C([O-])CN(CCN(CC(=O)[O-])CC(=O)[O-])CC(=O)[O-].[Mn]. The van der Waals surface area contributed by atoms with Gasteiger partial charge in [-0.2, -0.15) is 0 Å². The Morgan fingerprint density at radius 1 is 0.706 bits per heavy atom. The second-order valence-corrected chi connectivity index (χ2v) is 6.77. The number of carbonyl (C=O) groups is 4. The number of hydrogen-bond acceptors (Lipinski definition) is 16. The maximum atomic E-state index is 10.4. The average Bonchev–Trinajstić information content (AvgIpc) is 2.69. The topological polar surface area (TPSA) is 280 Å². The molecular weight excluding hydrogens is 509 g/mol. The molecule has 0 saturated carbocycles. The normalized spacial score (nSPS) is 14.2. The molecule has 0 bridgehead atoms. The van der Waals surface area contributed by atoms with E-state index in [1.54, 1.807) is 7.05 Å². The zero-order valence-electron chi connectivity index (χ0n) is 18.2. The van der Waals surface area contributed by atoms with Crippen LogP contribution in [0.3, 0.4) is 0 Å². The van der Waals surface area contributed by atoms with E-state index in [4.69, 9.17) is 20.4 Å². The minimum Gasteiger partial charge on any atom is -0.549 e. The number of hydrogen-bond donors (Lipinski definition) is 6. The number of aliphatic hydroxyl groups excluding tert-OH is 5. The fourth-order valence-electron chi connectivity index (χ4n) is 2.33. The maximum Gasteiger partial charge on any atom is 0.111 e. The largest absolute Gasteiger partial charge is 0.549 e. The second kappa shape index (κ2) is 20.5. The van der Waals surface area contributed by atoms with Crippen molar-refractivity contribution in [2.24, 2.45) is 0 Å². The van der Waals surface area contributed by atoms with E-state index in [9.17, 15) is 44.7 Å². The zero-order chi connectivity index (χ0) is 26.1. The van der Waals surface area contributed by atoms with Gasteiger partial charge in [-0.15, -0.1) is 0 Å². The number of nitrogens with zero attached hydrogens (tertiary/aromatic N) is 2. The van der Waals surface area contributed by atoms with E-state index >= 15 is 0 Å². The van der Waals surface area contributed by atoms with Gasteiger partial charge in [0.2, 0.25) is 0 Å². The van der Waals surface area contributed by atoms with Crippen molar-refractivity contribution in [3.05, 3.63) is 0 Å². The Bertz CT molecular complexity index is 545. The molecule has 4 atom stereocenters. The first-order valence-corrected chi connectivity index (χ1v) is 9.46. The summed E-state index contributed by atoms with van der Waals surface area (Å²) in [5, 5.41) is 89.1. The van der Waals surface area contributed by atoms with Crippen molar-refractivity contribution in [2.75, 3.05) is 59.5 Å². The van der Waals surface area contributed by atoms with Crippen molar-refractivity contribution in [1.29, 1.82) is 0 Å². The van der Waals surface area contributed by atoms with Gasteiger partial charge >= 0.3 is 0 Å². The molecule has 0 spiro atoms. The molecule has 0 aliphatic carbocycles. The predicted octanol–water partition coefficient (Wildman–Crippen LogP) is -10.8. The molecule has 0 amide bonds. The standard InChI is InChI=1S/C10H16N2O8.C7H17NO5.Mn/c13-7(14)3-11(4-8(15)16)1-2-12(5-9(17)18)6-10(19)20;1-8-2-4(10)6(12)7(13)5(11)3-9;/h1-6H2,(H,13,14)(H,15,16)(H,17,18)(H,19,20);4-13H,2-3H2,1H3;/p-4/t;4-,5+,6+,7+;/m.0./s1. The van der Waals surface area contributed by atoms with Crippen LogP contribution in [0.5, 0.6) is 0 Å². The van der Waals surface area contributed by atoms with Crippen LogP contribution in [0.15, 0.2) is 0 Å². The minimum atomic E-state index is -1.55. The van der Waals surface area contributed by atoms with Gasteiger partial charge in [-0.3, -0.25) is 9.80 Å². The summed E-state index contributed by atoms with van der Waals surface area (Å²) in [6.45, 7) is -3.82. The van der Waals surface area contributed by atoms with E-state index in [2.05, 4.69) is 5.32 Å². The molecule has 16 nitrogen and oxygen atoms in total. The third kappa shape index (κ3) is 19.5. The molecule has 0 aromatic carbocycles. The Hall–Kier alpha value is -1.92. The zero-order valence-corrected chi connectivity index (χ0v) is 19.4. The number of aliphatic hydroxyl groups is 5. The van der Waals surface area contributed by atoms with Crippen molar-refractivity contribution < 1.29 is 82.2 Å². The van der Waals surface area contributed by atoms with Crippen molar-refractivity contribution >= 4 is 23.9 Å². The maximum absolute atomic E-state index is 10.4. The molecule has 0 rings (SSSR count). The van der Waals surface area contributed by atoms with Gasteiger partial charge in [-0.1, -0.05) is 0 Å². The van der Waals surface area contributed by atoms with Crippen LogP contribution < -0.4 is 25.7 Å². The molecule has 0 aromatic heterocycles. The van der Waals surface area contributed by atoms with Gasteiger partial charge in [0.25, 0.3) is 0 Å². The molecular formula is C17H29MnN3O13-4. The summed E-state index contributed by atoms with van der Waals surface area (Å²) < 4.78 is 0. The molecule has 0 aliphatic heterocycles. The average molecular weight is 538 g/mol. The summed E-state index contributed by atoms with van der Waals surface area (Å²) >= 11 is 0. The van der Waals surface area contributed by atoms with Crippen LogP contribution in [0.1, 0.15) is 0 Å². The number of carboxylic acids is 4. The summed E-state index contributed by atoms with van der Waals surface area (Å²) in [7, 11) is 1.57. The fraction of sp³-hybridized carbons (Fsp3) is 0.765. The molecule has 1 radical (unpaired) electrons. The van der Waals surface area contributed by atoms with Gasteiger partial charge in [0.1, 0.15) is 18.3 Å². The quantitative estimate of drug-likeness (QED) is 0.0937. The van der Waals surface area contributed by atoms with Crippen molar-refractivity contribution in [3.8, 4) is 0 Å². The van der Waals surface area contributed by atoms with Crippen LogP contribution in [0.4, 0.5) is 0 Å². The van der Waals surface area contributed by atoms with Gasteiger partial charge in [0, 0.05) is 62.9 Å². The molecule has 34 heavy (non-hydrogen) atoms. The molecule has 0 unspecified atom stereocenters. The van der Waals surface area contributed by atoms with E-state index in [1.807, 2.05) is 0 Å². The van der Waals surface area contributed by atoms with Crippen LogP contribution >= 0.6 is 0 Å². The Labute approximate surface area is 205 Å². The second-order valence-electron chi connectivity index (χ2n) is 6.77. The fourth-order valence-corrected chi connectivity index (χ4v) is 2.33. The molecule has 0 fully saturated rings. The summed E-state index contributed by atoms with van der Waals surface area (Å²) in [6.07, 6.45) is -5.65. The van der Waals surface area contributed by atoms with Crippen molar-refractivity contribution in [1.82, 2.24) is 15.1 Å². The van der Waals surface area contributed by atoms with E-state index < -0.39 is 81.1 Å². The molecule has 201 valence electrons. The van der Waals surface area contributed by atoms with Crippen molar-refractivity contribution in [3.63, 3.8) is 0 Å². The molecule has 6 N–H and O–H groups in total. The van der Waals surface area contributed by atoms with Gasteiger partial charge in [-0.05, 0) is 7.05 Å². The summed E-state index contributed by atoms with van der Waals surface area (Å²) in [6, 6.07) is 0. The van der Waals surface area contributed by atoms with Gasteiger partial charge in [0.05, 0.1) is 36.6 Å². The van der Waals surface area contributed by atoms with Crippen LogP contribution in [0, 0.1) is 0 Å². The first-order chi connectivity index (χ1) is 15.2. The van der Waals surface area contributed by atoms with E-state index in [1.165, 1.54) is 0 Å². The molecule has 0 saturated heterocycles. The number of rotatable bonds is 17. The summed E-state index contributed by atoms with van der Waals surface area (Å²) in [5.41, 5.74) is 0. The minimum absolute atomic E-state index is 0. The molecule has 0 aliphatic rings. The number of aliphatic carboxylic acids is 4. The molecule has 0 heterocycles. The Morgan fingerprint density at radius 2 is 1.00 bits per heavy atom. The van der Waals surface area contributed by atoms with Gasteiger partial charge in [0.15, 0.2) is 0 Å². The van der Waals surface area contributed by atoms with E-state index in [-0.39, 0.29) is 36.7 Å². The van der Waals surface area contributed by atoms with Crippen LogP contribution in [0.25, 0.3) is 0 Å². The molecule has 0 aromatic rings. The van der Waals surface area contributed by atoms with Crippen LogP contribution in [0.2, 0.25) is 0 Å². The van der Waals surface area contributed by atoms with Gasteiger partial charge < -0.3 is 70.5 Å². The van der Waals surface area contributed by atoms with Crippen LogP contribution in [-0.4, -0.2) is 143 Å². The number of nitrogens with one attached hydrogen (secondary N) is 1. The smallest absolute Gasteiger partial charge is 0.111 e. The third-order valence-electron chi connectivity index (χ3n) is 3.88. The van der Waals surface area contributed by atoms with Gasteiger partial charge in [-0.25, -0.2) is 0 Å². The Morgan fingerprint density at radius 3 is 1.24 bits per heavy atom. The Balaban J connectivity index is -0.000000598. The predicted molar refractivity (Wildman–Crippen MR) is 97.9 cm³/mol. The van der Waals surface area contributed by atoms with E-state index in [0.29, 0.717) is 0 Å². The molecule has 17 heteroatoms. The van der Waals surface area contributed by atoms with Crippen molar-refractivity contribution in [2.45, 2.75) is 24.4 Å². The van der Waals surface area contributed by atoms with E-state index in [0.717, 1.165) is 9.80 Å². The third-order valence-corrected chi connectivity index (χ3v) is 3.88.